The first-order valence-electron chi connectivity index (χ1n) is 53.0. The molecule has 2 atom stereocenters. The Morgan fingerprint density at radius 2 is 0.333 bits per heavy atom. The van der Waals surface area contributed by atoms with Crippen molar-refractivity contribution in [2.45, 2.75) is 425 Å². The minimum absolute atomic E-state index is 0.0833. The monoisotopic (exact) mass is 1840 g/mol. The van der Waals surface area contributed by atoms with Crippen LogP contribution < -0.4 is 42.5 Å². The van der Waals surface area contributed by atoms with Gasteiger partial charge in [-0.05, 0) is 89.9 Å². The van der Waals surface area contributed by atoms with Gasteiger partial charge in [-0.15, -0.1) is 0 Å². The van der Waals surface area contributed by atoms with Crippen LogP contribution in [-0.2, 0) is 90.5 Å². The lowest BCUT2D eigenvalue weighted by Crippen LogP contribution is -2.47. The lowest BCUT2D eigenvalue weighted by molar-refractivity contribution is -0.129. The summed E-state index contributed by atoms with van der Waals surface area (Å²) in [6.07, 6.45) is 63.2. The van der Waals surface area contributed by atoms with Crippen LogP contribution in [-0.4, -0.2) is 244 Å². The summed E-state index contributed by atoms with van der Waals surface area (Å²) >= 11 is 0. The van der Waals surface area contributed by atoms with E-state index in [0.29, 0.717) is 262 Å². The maximum atomic E-state index is 13.4. The summed E-state index contributed by atoms with van der Waals surface area (Å²) in [5.74, 6) is -0.533. The van der Waals surface area contributed by atoms with Crippen molar-refractivity contribution in [2.75, 3.05) is 185 Å². The van der Waals surface area contributed by atoms with Crippen LogP contribution in [0.1, 0.15) is 413 Å². The SMILES string of the molecule is CCCCCCCCCCCCCC(=O)NCCCC[C@@H](NC(=O)CCCCCCCCCCCCC)C(=O)NCCCOCCOCCOCCCNC(=O)CCOCCOCCOCCOCCOCCC(=O)NCCCOCCOCCOCCCNC(=O)[C@@H](CCCCNC(=O)CCCCCCCCCCCCC)NC(=O)CCCCCCCCCCCCC. The van der Waals surface area contributed by atoms with Gasteiger partial charge in [0, 0.05) is 104 Å². The molecule has 0 rings (SSSR count). The molecule has 0 spiro atoms. The Bertz CT molecular complexity index is 2290. The van der Waals surface area contributed by atoms with E-state index >= 15 is 0 Å². The van der Waals surface area contributed by atoms with E-state index in [4.69, 9.17) is 52.1 Å². The number of unbranched alkanes of at least 4 members (excludes halogenated alkanes) is 42. The third kappa shape index (κ3) is 99.1. The molecule has 0 aliphatic carbocycles. The van der Waals surface area contributed by atoms with E-state index in [1.54, 1.807) is 0 Å². The van der Waals surface area contributed by atoms with Crippen LogP contribution >= 0.6 is 0 Å². The number of amides is 8. The van der Waals surface area contributed by atoms with Crippen molar-refractivity contribution in [3.05, 3.63) is 0 Å². The Labute approximate surface area is 786 Å². The van der Waals surface area contributed by atoms with E-state index < -0.39 is 12.1 Å². The number of hydrogen-bond donors (Lipinski definition) is 8. The highest BCUT2D eigenvalue weighted by Gasteiger charge is 2.22. The van der Waals surface area contributed by atoms with Gasteiger partial charge in [0.15, 0.2) is 0 Å². The van der Waals surface area contributed by atoms with Gasteiger partial charge in [0.25, 0.3) is 0 Å². The van der Waals surface area contributed by atoms with Gasteiger partial charge in [0.1, 0.15) is 12.1 Å². The fourth-order valence-electron chi connectivity index (χ4n) is 14.8. The maximum absolute atomic E-state index is 13.4. The molecule has 0 aromatic carbocycles. The van der Waals surface area contributed by atoms with Crippen LogP contribution in [0.4, 0.5) is 0 Å². The third-order valence-corrected chi connectivity index (χ3v) is 22.8. The largest absolute Gasteiger partial charge is 0.379 e. The smallest absolute Gasteiger partial charge is 0.242 e. The second-order valence-electron chi connectivity index (χ2n) is 35.0. The number of nitrogens with one attached hydrogen (secondary N) is 8. The quantitative estimate of drug-likeness (QED) is 0.0262. The van der Waals surface area contributed by atoms with Crippen LogP contribution in [0.3, 0.4) is 0 Å². The molecule has 8 amide bonds. The van der Waals surface area contributed by atoms with Crippen LogP contribution in [0.2, 0.25) is 0 Å². The van der Waals surface area contributed by atoms with Crippen molar-refractivity contribution >= 4 is 47.3 Å². The molecular formula is C102H198N8O19. The number of rotatable bonds is 108. The Hall–Kier alpha value is -4.68. The van der Waals surface area contributed by atoms with Gasteiger partial charge in [0.05, 0.1) is 119 Å². The molecule has 0 aliphatic heterocycles. The third-order valence-electron chi connectivity index (χ3n) is 22.8. The maximum Gasteiger partial charge on any atom is 0.242 e. The van der Waals surface area contributed by atoms with E-state index in [9.17, 15) is 38.4 Å². The Morgan fingerprint density at radius 1 is 0.163 bits per heavy atom. The highest BCUT2D eigenvalue weighted by molar-refractivity contribution is 5.88. The molecule has 0 heterocycles. The molecule has 0 saturated carbocycles. The van der Waals surface area contributed by atoms with Gasteiger partial charge in [0.2, 0.25) is 47.3 Å². The number of ether oxygens (including phenoxy) is 11. The summed E-state index contributed by atoms with van der Waals surface area (Å²) in [4.78, 5) is 102. The number of carbonyl (C=O) groups excluding carboxylic acids is 8. The van der Waals surface area contributed by atoms with Gasteiger partial charge < -0.3 is 94.6 Å². The zero-order chi connectivity index (χ0) is 93.4. The fourth-order valence-corrected chi connectivity index (χ4v) is 14.8. The van der Waals surface area contributed by atoms with Crippen LogP contribution in [0, 0.1) is 0 Å². The summed E-state index contributed by atoms with van der Waals surface area (Å²) < 4.78 is 61.8. The van der Waals surface area contributed by atoms with E-state index in [1.807, 2.05) is 0 Å². The second-order valence-corrected chi connectivity index (χ2v) is 35.0. The Morgan fingerprint density at radius 3 is 0.558 bits per heavy atom. The zero-order valence-corrected chi connectivity index (χ0v) is 83.1. The summed E-state index contributed by atoms with van der Waals surface area (Å²) in [6, 6.07) is -1.24. The summed E-state index contributed by atoms with van der Waals surface area (Å²) in [5, 5.41) is 23.9. The molecule has 0 radical (unpaired) electrons. The predicted octanol–water partition coefficient (Wildman–Crippen LogP) is 18.3. The molecule has 27 heteroatoms. The van der Waals surface area contributed by atoms with Crippen LogP contribution in [0.15, 0.2) is 0 Å². The summed E-state index contributed by atoms with van der Waals surface area (Å²) in [5.41, 5.74) is 0. The van der Waals surface area contributed by atoms with E-state index in [0.717, 1.165) is 77.0 Å². The molecule has 8 N–H and O–H groups in total. The predicted molar refractivity (Wildman–Crippen MR) is 521 cm³/mol. The van der Waals surface area contributed by atoms with Gasteiger partial charge in [-0.2, -0.15) is 0 Å². The van der Waals surface area contributed by atoms with Gasteiger partial charge in [-0.25, -0.2) is 0 Å². The lowest BCUT2D eigenvalue weighted by atomic mass is 10.0. The van der Waals surface area contributed by atoms with E-state index in [2.05, 4.69) is 70.2 Å². The molecule has 27 nitrogen and oxygen atoms in total. The molecule has 0 aromatic heterocycles. The summed E-state index contributed by atoms with van der Waals surface area (Å²) in [6.45, 7) is 21.0. The molecule has 0 saturated heterocycles. The minimum Gasteiger partial charge on any atom is -0.379 e. The highest BCUT2D eigenvalue weighted by atomic mass is 16.6. The van der Waals surface area contributed by atoms with E-state index in [-0.39, 0.29) is 60.1 Å². The average molecular weight is 1840 g/mol. The van der Waals surface area contributed by atoms with Crippen molar-refractivity contribution in [2.24, 2.45) is 0 Å². The average Bonchev–Trinajstić information content (AvgIpc) is 0.923. The van der Waals surface area contributed by atoms with Gasteiger partial charge in [-0.1, -0.05) is 285 Å². The van der Waals surface area contributed by atoms with Crippen molar-refractivity contribution in [3.63, 3.8) is 0 Å². The summed E-state index contributed by atoms with van der Waals surface area (Å²) in [7, 11) is 0. The fraction of sp³-hybridized carbons (Fsp3) is 0.922. The Balaban J connectivity index is 3.96. The minimum atomic E-state index is -0.619. The van der Waals surface area contributed by atoms with E-state index in [1.165, 1.54) is 218 Å². The Kier molecular flexibility index (Phi) is 102. The molecular weight excluding hydrogens is 1640 g/mol. The molecule has 0 bridgehead atoms. The number of hydrogen-bond acceptors (Lipinski definition) is 19. The van der Waals surface area contributed by atoms with Crippen molar-refractivity contribution in [1.29, 1.82) is 0 Å². The first-order chi connectivity index (χ1) is 63.5. The van der Waals surface area contributed by atoms with Gasteiger partial charge >= 0.3 is 0 Å². The molecule has 0 aliphatic rings. The molecule has 0 aromatic rings. The van der Waals surface area contributed by atoms with Crippen molar-refractivity contribution in [3.8, 4) is 0 Å². The molecule has 129 heavy (non-hydrogen) atoms. The first-order valence-corrected chi connectivity index (χ1v) is 53.0. The van der Waals surface area contributed by atoms with Crippen molar-refractivity contribution < 1.29 is 90.5 Å². The van der Waals surface area contributed by atoms with Gasteiger partial charge in [-0.3, -0.25) is 38.4 Å². The molecule has 0 unspecified atom stereocenters. The first kappa shape index (κ1) is 124. The van der Waals surface area contributed by atoms with Crippen molar-refractivity contribution in [1.82, 2.24) is 42.5 Å². The normalized spacial score (nSPS) is 11.9. The topological polar surface area (TPSA) is 334 Å². The lowest BCUT2D eigenvalue weighted by Gasteiger charge is -2.19. The standard InChI is InChI=1S/C102H198N8O19/c1-5-9-13-17-21-25-29-33-37-41-45-59-95(111)103-65-51-49-57-93(109-99(115)61-47-43-39-35-31-27-23-19-15-11-7-3)101(117)107-69-55-73-121-79-85-125-83-77-119-71-53-67-105-97(113)63-75-123-81-87-127-89-91-129-92-90-128-88-82-124-76-64-98(114)106-68-54-72-120-78-84-126-86-80-122-74-56-70-108-102(118)94(110-100(116)62-48-44-40-36-32-28-24-20-16-12-8-4)58-50-52-66-104-96(112)60-46-42-38-34-30-26-22-18-14-10-6-2/h93-94H,5-92H2,1-4H3,(H,103,111)(H,104,112)(H,105,113)(H,106,114)(H,107,117)(H,108,118)(H,109,115)(H,110,116)/t93-,94-/m1/s1. The zero-order valence-electron chi connectivity index (χ0n) is 83.1. The van der Waals surface area contributed by atoms with Crippen LogP contribution in [0.25, 0.3) is 0 Å². The second kappa shape index (κ2) is 105. The number of carbonyl (C=O) groups is 8. The van der Waals surface area contributed by atoms with Crippen LogP contribution in [0.5, 0.6) is 0 Å². The highest BCUT2D eigenvalue weighted by Crippen LogP contribution is 2.18. The molecule has 760 valence electrons. The molecule has 0 fully saturated rings.